The Labute approximate surface area is 556 Å². The molecule has 3 N–H and O–H groups in total. The molecule has 0 aliphatic heterocycles. The van der Waals surface area contributed by atoms with Gasteiger partial charge >= 0.3 is 39.5 Å². The first kappa shape index (κ1) is 89.1. The monoisotopic (exact) mass is 1340 g/mol. The lowest BCUT2D eigenvalue weighted by Gasteiger charge is -2.21. The molecule has 0 aromatic carbocycles. The zero-order chi connectivity index (χ0) is 67.2. The molecule has 0 heterocycles. The molecule has 0 spiro atoms. The van der Waals surface area contributed by atoms with Crippen molar-refractivity contribution in [1.82, 2.24) is 0 Å². The number of phosphoric ester groups is 2. The summed E-state index contributed by atoms with van der Waals surface area (Å²) in [7, 11) is -9.89. The molecule has 19 heteroatoms. The van der Waals surface area contributed by atoms with Gasteiger partial charge in [-0.2, -0.15) is 0 Å². The molecule has 3 unspecified atom stereocenters. The highest BCUT2D eigenvalue weighted by atomic mass is 31.2. The Morgan fingerprint density at radius 1 is 0.319 bits per heavy atom. The van der Waals surface area contributed by atoms with Crippen LogP contribution in [-0.2, 0) is 65.4 Å². The molecule has 0 saturated carbocycles. The number of carbonyl (C=O) groups is 4. The molecule has 0 saturated heterocycles. The van der Waals surface area contributed by atoms with Gasteiger partial charge in [-0.05, 0) is 37.5 Å². The summed E-state index contributed by atoms with van der Waals surface area (Å²) in [6.45, 7) is 9.52. The smallest absolute Gasteiger partial charge is 0.462 e. The van der Waals surface area contributed by atoms with Crippen LogP contribution in [-0.4, -0.2) is 96.7 Å². The zero-order valence-electron chi connectivity index (χ0n) is 59.1. The van der Waals surface area contributed by atoms with E-state index in [0.29, 0.717) is 25.7 Å². The van der Waals surface area contributed by atoms with Crippen molar-refractivity contribution in [1.29, 1.82) is 0 Å². The van der Waals surface area contributed by atoms with Crippen molar-refractivity contribution in [2.24, 2.45) is 11.8 Å². The first-order chi connectivity index (χ1) is 43.9. The van der Waals surface area contributed by atoms with Gasteiger partial charge in [0.05, 0.1) is 26.4 Å². The number of hydrogen-bond donors (Lipinski definition) is 3. The van der Waals surface area contributed by atoms with Crippen molar-refractivity contribution in [3.63, 3.8) is 0 Å². The molecular weight excluding hydrogens is 1200 g/mol. The first-order valence-electron chi connectivity index (χ1n) is 37.5. The molecule has 0 aromatic rings. The minimum Gasteiger partial charge on any atom is -0.462 e. The summed E-state index contributed by atoms with van der Waals surface area (Å²) >= 11 is 0. The maximum absolute atomic E-state index is 13.0. The summed E-state index contributed by atoms with van der Waals surface area (Å²) in [6.07, 6.45) is 50.4. The molecule has 0 aliphatic carbocycles. The van der Waals surface area contributed by atoms with Gasteiger partial charge in [-0.15, -0.1) is 0 Å². The Morgan fingerprint density at radius 2 is 0.560 bits per heavy atom. The third kappa shape index (κ3) is 65.1. The molecule has 6 atom stereocenters. The fourth-order valence-electron chi connectivity index (χ4n) is 10.9. The molecule has 0 amide bonds. The lowest BCUT2D eigenvalue weighted by atomic mass is 9.99. The average Bonchev–Trinajstić information content (AvgIpc) is 3.19. The van der Waals surface area contributed by atoms with E-state index < -0.39 is 97.5 Å². The van der Waals surface area contributed by atoms with E-state index in [1.54, 1.807) is 0 Å². The highest BCUT2D eigenvalue weighted by Crippen LogP contribution is 2.45. The van der Waals surface area contributed by atoms with Crippen LogP contribution in [0.15, 0.2) is 0 Å². The van der Waals surface area contributed by atoms with Gasteiger partial charge in [0.2, 0.25) is 0 Å². The molecule has 0 rings (SSSR count). The predicted octanol–water partition coefficient (Wildman–Crippen LogP) is 20.8. The van der Waals surface area contributed by atoms with Crippen LogP contribution in [0.4, 0.5) is 0 Å². The van der Waals surface area contributed by atoms with E-state index in [1.165, 1.54) is 180 Å². The van der Waals surface area contributed by atoms with Crippen LogP contribution in [0.1, 0.15) is 369 Å². The fourth-order valence-corrected chi connectivity index (χ4v) is 12.5. The zero-order valence-corrected chi connectivity index (χ0v) is 60.9. The summed E-state index contributed by atoms with van der Waals surface area (Å²) in [5, 5.41) is 10.6. The highest BCUT2D eigenvalue weighted by molar-refractivity contribution is 7.47. The van der Waals surface area contributed by atoms with Gasteiger partial charge in [0.25, 0.3) is 0 Å². The number of aliphatic hydroxyl groups excluding tert-OH is 1. The number of carbonyl (C=O) groups excluding carboxylic acids is 4. The Bertz CT molecular complexity index is 1770. The number of esters is 4. The van der Waals surface area contributed by atoms with Crippen molar-refractivity contribution < 1.29 is 80.2 Å². The van der Waals surface area contributed by atoms with E-state index in [4.69, 9.17) is 37.0 Å². The molecule has 540 valence electrons. The standard InChI is InChI=1S/C72H140O17P2/c1-7-10-12-14-15-16-17-27-32-38-44-50-56-71(76)88-67(60-82-69(74)54-48-40-13-11-8-2)62-86-90(78,79)84-58-66(73)59-85-91(80,81)87-63-68(61-83-70(75)55-49-43-37-34-29-30-35-41-46-52-64(4)5)89-72(77)57-51-45-39-33-28-25-23-21-19-18-20-22-24-26-31-36-42-47-53-65(6)9-3/h64-68,73H,7-63H2,1-6H3,(H,78,79)(H,80,81)/t65?,66-,67+,68+/m0/s1. The van der Waals surface area contributed by atoms with Crippen molar-refractivity contribution in [2.75, 3.05) is 39.6 Å². The van der Waals surface area contributed by atoms with Gasteiger partial charge in [0.1, 0.15) is 19.3 Å². The van der Waals surface area contributed by atoms with Crippen LogP contribution in [0.2, 0.25) is 0 Å². The van der Waals surface area contributed by atoms with Crippen LogP contribution in [0.3, 0.4) is 0 Å². The first-order valence-corrected chi connectivity index (χ1v) is 40.5. The molecule has 0 bridgehead atoms. The number of ether oxygens (including phenoxy) is 4. The minimum atomic E-state index is -4.95. The van der Waals surface area contributed by atoms with Crippen LogP contribution in [0, 0.1) is 11.8 Å². The largest absolute Gasteiger partial charge is 0.472 e. The molecule has 0 aliphatic rings. The number of hydrogen-bond acceptors (Lipinski definition) is 15. The SMILES string of the molecule is CCCCCCCCCCCCCCC(=O)O[C@H](COC(=O)CCCCCCC)COP(=O)(O)OC[C@H](O)COP(=O)(O)OC[C@@H](COC(=O)CCCCCCCCCCCC(C)C)OC(=O)CCCCCCCCCCCCCCCCCCCCC(C)CC. The van der Waals surface area contributed by atoms with Gasteiger partial charge in [-0.3, -0.25) is 37.3 Å². The van der Waals surface area contributed by atoms with Gasteiger partial charge in [0.15, 0.2) is 12.2 Å². The number of unbranched alkanes of at least 4 members (excludes halogenated alkanes) is 40. The predicted molar refractivity (Wildman–Crippen MR) is 368 cm³/mol. The van der Waals surface area contributed by atoms with E-state index in [0.717, 1.165) is 108 Å². The second kappa shape index (κ2) is 64.1. The van der Waals surface area contributed by atoms with E-state index in [9.17, 15) is 43.2 Å². The number of phosphoric acid groups is 2. The van der Waals surface area contributed by atoms with Crippen molar-refractivity contribution in [3.05, 3.63) is 0 Å². The Hall–Kier alpha value is -1.94. The maximum atomic E-state index is 13.0. The summed E-state index contributed by atoms with van der Waals surface area (Å²) in [5.74, 6) is -0.518. The fraction of sp³-hybridized carbons (Fsp3) is 0.944. The number of rotatable bonds is 71. The topological polar surface area (TPSA) is 237 Å². The van der Waals surface area contributed by atoms with E-state index in [-0.39, 0.29) is 25.7 Å². The van der Waals surface area contributed by atoms with Crippen molar-refractivity contribution in [3.8, 4) is 0 Å². The van der Waals surface area contributed by atoms with Crippen LogP contribution in [0.25, 0.3) is 0 Å². The van der Waals surface area contributed by atoms with Gasteiger partial charge in [-0.1, -0.05) is 318 Å². The summed E-state index contributed by atoms with van der Waals surface area (Å²) in [5.41, 5.74) is 0. The molecule has 17 nitrogen and oxygen atoms in total. The third-order valence-electron chi connectivity index (χ3n) is 17.1. The summed E-state index contributed by atoms with van der Waals surface area (Å²) in [6, 6.07) is 0. The van der Waals surface area contributed by atoms with Gasteiger partial charge in [-0.25, -0.2) is 9.13 Å². The summed E-state index contributed by atoms with van der Waals surface area (Å²) in [4.78, 5) is 72.3. The van der Waals surface area contributed by atoms with Crippen LogP contribution in [0.5, 0.6) is 0 Å². The van der Waals surface area contributed by atoms with Crippen molar-refractivity contribution >= 4 is 39.5 Å². The molecule has 91 heavy (non-hydrogen) atoms. The van der Waals surface area contributed by atoms with Gasteiger partial charge < -0.3 is 33.8 Å². The molecular formula is C72H140O17P2. The maximum Gasteiger partial charge on any atom is 0.472 e. The van der Waals surface area contributed by atoms with Gasteiger partial charge in [0, 0.05) is 25.7 Å². The van der Waals surface area contributed by atoms with Crippen LogP contribution >= 0.6 is 15.6 Å². The van der Waals surface area contributed by atoms with Crippen LogP contribution < -0.4 is 0 Å². The minimum absolute atomic E-state index is 0.106. The number of aliphatic hydroxyl groups is 1. The lowest BCUT2D eigenvalue weighted by molar-refractivity contribution is -0.161. The Kier molecular flexibility index (Phi) is 62.7. The summed E-state index contributed by atoms with van der Waals surface area (Å²) < 4.78 is 68.1. The third-order valence-corrected chi connectivity index (χ3v) is 19.0. The normalized spacial score (nSPS) is 14.4. The van der Waals surface area contributed by atoms with Crippen molar-refractivity contribution in [2.45, 2.75) is 387 Å². The second-order valence-corrected chi connectivity index (χ2v) is 29.6. The second-order valence-electron chi connectivity index (χ2n) is 26.7. The Balaban J connectivity index is 5.09. The van der Waals surface area contributed by atoms with E-state index in [2.05, 4.69) is 41.5 Å². The molecule has 0 fully saturated rings. The lowest BCUT2D eigenvalue weighted by Crippen LogP contribution is -2.30. The van der Waals surface area contributed by atoms with E-state index in [1.807, 2.05) is 0 Å². The molecule has 0 radical (unpaired) electrons. The highest BCUT2D eigenvalue weighted by Gasteiger charge is 2.30. The molecule has 0 aromatic heterocycles. The quantitative estimate of drug-likeness (QED) is 0.0222. The Morgan fingerprint density at radius 3 is 0.835 bits per heavy atom. The average molecular weight is 1340 g/mol. The van der Waals surface area contributed by atoms with E-state index >= 15 is 0 Å².